The van der Waals surface area contributed by atoms with Crippen LogP contribution in [-0.2, 0) is 15.5 Å². The third-order valence-electron chi connectivity index (χ3n) is 4.56. The van der Waals surface area contributed by atoms with Crippen LogP contribution >= 0.6 is 0 Å². The van der Waals surface area contributed by atoms with E-state index in [4.69, 9.17) is 0 Å². The van der Waals surface area contributed by atoms with Crippen molar-refractivity contribution < 1.29 is 17.5 Å². The second-order valence-corrected chi connectivity index (χ2v) is 7.82. The molecular weight excluding hydrogens is 322 g/mol. The fraction of sp³-hybridized carbons (Fsp3) is 0.211. The van der Waals surface area contributed by atoms with Crippen LogP contribution in [0.5, 0.6) is 0 Å². The first-order chi connectivity index (χ1) is 11.2. The SMILES string of the molecule is C[N+]1=C(C=Cc2ccccc2S(=O)(=O)O)C(C)(C)c2ccccc21. The quantitative estimate of drug-likeness (QED) is 0.684. The molecule has 0 spiro atoms. The molecule has 2 aromatic carbocycles. The van der Waals surface area contributed by atoms with Crippen LogP contribution in [0.1, 0.15) is 25.0 Å². The molecule has 0 amide bonds. The van der Waals surface area contributed by atoms with Crippen molar-refractivity contribution in [2.24, 2.45) is 0 Å². The van der Waals surface area contributed by atoms with E-state index in [1.807, 2.05) is 25.3 Å². The highest BCUT2D eigenvalue weighted by atomic mass is 32.2. The number of benzene rings is 2. The summed E-state index contributed by atoms with van der Waals surface area (Å²) in [6, 6.07) is 14.6. The highest BCUT2D eigenvalue weighted by molar-refractivity contribution is 7.85. The van der Waals surface area contributed by atoms with Crippen LogP contribution in [0.15, 0.2) is 59.5 Å². The van der Waals surface area contributed by atoms with E-state index in [1.165, 1.54) is 11.6 Å². The summed E-state index contributed by atoms with van der Waals surface area (Å²) in [6.07, 6.45) is 3.66. The largest absolute Gasteiger partial charge is 0.295 e. The molecule has 0 saturated carbocycles. The second-order valence-electron chi connectivity index (χ2n) is 6.43. The summed E-state index contributed by atoms with van der Waals surface area (Å²) in [6.45, 7) is 4.29. The Kier molecular flexibility index (Phi) is 3.94. The molecule has 0 atom stereocenters. The Bertz CT molecular complexity index is 970. The number of fused-ring (bicyclic) bond motifs is 1. The summed E-state index contributed by atoms with van der Waals surface area (Å²) in [5.74, 6) is 0. The van der Waals surface area contributed by atoms with Gasteiger partial charge in [-0.3, -0.25) is 4.55 Å². The number of rotatable bonds is 3. The number of nitrogens with zero attached hydrogens (tertiary/aromatic N) is 1. The lowest BCUT2D eigenvalue weighted by Gasteiger charge is -2.15. The summed E-state index contributed by atoms with van der Waals surface area (Å²) in [4.78, 5) is -0.0854. The van der Waals surface area contributed by atoms with E-state index >= 15 is 0 Å². The van der Waals surface area contributed by atoms with E-state index in [0.29, 0.717) is 5.56 Å². The van der Waals surface area contributed by atoms with Crippen LogP contribution in [0.25, 0.3) is 6.08 Å². The van der Waals surface area contributed by atoms with Crippen molar-refractivity contribution in [1.82, 2.24) is 0 Å². The van der Waals surface area contributed by atoms with Gasteiger partial charge >= 0.3 is 0 Å². The van der Waals surface area contributed by atoms with Crippen molar-refractivity contribution in [3.63, 3.8) is 0 Å². The number of allylic oxidation sites excluding steroid dienone is 1. The van der Waals surface area contributed by atoms with Gasteiger partial charge in [0.2, 0.25) is 5.69 Å². The zero-order valence-corrected chi connectivity index (χ0v) is 14.7. The fourth-order valence-corrected chi connectivity index (χ4v) is 4.01. The van der Waals surface area contributed by atoms with E-state index < -0.39 is 10.1 Å². The second kappa shape index (κ2) is 5.69. The predicted octanol–water partition coefficient (Wildman–Crippen LogP) is 3.65. The smallest absolute Gasteiger partial charge is 0.282 e. The maximum absolute atomic E-state index is 11.5. The van der Waals surface area contributed by atoms with Crippen molar-refractivity contribution in [2.75, 3.05) is 7.05 Å². The van der Waals surface area contributed by atoms with Gasteiger partial charge in [0, 0.05) is 17.7 Å². The lowest BCUT2D eigenvalue weighted by molar-refractivity contribution is -0.401. The minimum Gasteiger partial charge on any atom is -0.282 e. The average Bonchev–Trinajstić information content (AvgIpc) is 2.72. The fourth-order valence-electron chi connectivity index (χ4n) is 3.32. The van der Waals surface area contributed by atoms with Gasteiger partial charge in [0.15, 0.2) is 5.71 Å². The van der Waals surface area contributed by atoms with Crippen molar-refractivity contribution in [2.45, 2.75) is 24.2 Å². The molecule has 0 unspecified atom stereocenters. The Morgan fingerprint density at radius 3 is 2.29 bits per heavy atom. The van der Waals surface area contributed by atoms with Gasteiger partial charge in [0.05, 0.1) is 5.41 Å². The number of para-hydroxylation sites is 1. The van der Waals surface area contributed by atoms with E-state index in [2.05, 4.69) is 30.6 Å². The van der Waals surface area contributed by atoms with Gasteiger partial charge in [0.25, 0.3) is 10.1 Å². The first kappa shape index (κ1) is 16.6. The Morgan fingerprint density at radius 1 is 1.00 bits per heavy atom. The van der Waals surface area contributed by atoms with Gasteiger partial charge in [-0.2, -0.15) is 13.0 Å². The molecule has 0 radical (unpaired) electrons. The normalized spacial score (nSPS) is 16.7. The molecule has 1 heterocycles. The van der Waals surface area contributed by atoms with Gasteiger partial charge < -0.3 is 0 Å². The van der Waals surface area contributed by atoms with Gasteiger partial charge in [-0.05, 0) is 31.6 Å². The molecule has 5 heteroatoms. The number of hydrogen-bond acceptors (Lipinski definition) is 2. The maximum Gasteiger partial charge on any atom is 0.295 e. The molecule has 124 valence electrons. The molecule has 2 aromatic rings. The summed E-state index contributed by atoms with van der Waals surface area (Å²) >= 11 is 0. The third-order valence-corrected chi connectivity index (χ3v) is 5.49. The maximum atomic E-state index is 11.5. The zero-order valence-electron chi connectivity index (χ0n) is 13.9. The first-order valence-electron chi connectivity index (χ1n) is 7.68. The number of hydrogen-bond donors (Lipinski definition) is 1. The Morgan fingerprint density at radius 2 is 1.62 bits per heavy atom. The standard InChI is InChI=1S/C19H19NO3S/c1-19(2)15-9-5-6-10-16(15)20(3)18(19)13-12-14-8-4-7-11-17(14)24(21,22)23/h4-13H,1-3H3/p+1. The van der Waals surface area contributed by atoms with E-state index in [9.17, 15) is 13.0 Å². The summed E-state index contributed by atoms with van der Waals surface area (Å²) in [5.41, 5.74) is 3.72. The van der Waals surface area contributed by atoms with Gasteiger partial charge in [-0.15, -0.1) is 0 Å². The minimum atomic E-state index is -4.25. The van der Waals surface area contributed by atoms with Crippen LogP contribution in [-0.4, -0.2) is 30.3 Å². The van der Waals surface area contributed by atoms with Crippen LogP contribution in [0, 0.1) is 0 Å². The Labute approximate surface area is 142 Å². The molecule has 0 aliphatic carbocycles. The van der Waals surface area contributed by atoms with Crippen LogP contribution in [0.4, 0.5) is 5.69 Å². The minimum absolute atomic E-state index is 0.0854. The van der Waals surface area contributed by atoms with Crippen molar-refractivity contribution >= 4 is 27.6 Å². The molecule has 3 rings (SSSR count). The molecule has 0 fully saturated rings. The molecule has 1 aliphatic heterocycles. The van der Waals surface area contributed by atoms with Crippen LogP contribution in [0.3, 0.4) is 0 Å². The van der Waals surface area contributed by atoms with Crippen molar-refractivity contribution in [3.05, 3.63) is 65.7 Å². The molecular formula is C19H20NO3S+. The van der Waals surface area contributed by atoms with Crippen LogP contribution in [0.2, 0.25) is 0 Å². The van der Waals surface area contributed by atoms with Gasteiger partial charge in [-0.1, -0.05) is 36.4 Å². The van der Waals surface area contributed by atoms with Crippen LogP contribution < -0.4 is 0 Å². The topological polar surface area (TPSA) is 57.4 Å². The Balaban J connectivity index is 2.08. The lowest BCUT2D eigenvalue weighted by Crippen LogP contribution is -2.26. The molecule has 1 N–H and O–H groups in total. The molecule has 0 bridgehead atoms. The highest BCUT2D eigenvalue weighted by Crippen LogP contribution is 2.39. The van der Waals surface area contributed by atoms with Gasteiger partial charge in [-0.25, -0.2) is 0 Å². The van der Waals surface area contributed by atoms with E-state index in [0.717, 1.165) is 11.4 Å². The first-order valence-corrected chi connectivity index (χ1v) is 9.12. The molecule has 1 aliphatic rings. The molecule has 0 aromatic heterocycles. The van der Waals surface area contributed by atoms with Gasteiger partial charge in [0.1, 0.15) is 11.9 Å². The van der Waals surface area contributed by atoms with Crippen molar-refractivity contribution in [1.29, 1.82) is 0 Å². The summed E-state index contributed by atoms with van der Waals surface area (Å²) in [7, 11) is -2.25. The Hall–Kier alpha value is -2.24. The predicted molar refractivity (Wildman–Crippen MR) is 95.6 cm³/mol. The van der Waals surface area contributed by atoms with Crippen molar-refractivity contribution in [3.8, 4) is 0 Å². The van der Waals surface area contributed by atoms with E-state index in [-0.39, 0.29) is 10.3 Å². The zero-order chi connectivity index (χ0) is 17.5. The monoisotopic (exact) mass is 342 g/mol. The molecule has 4 nitrogen and oxygen atoms in total. The molecule has 0 saturated heterocycles. The van der Waals surface area contributed by atoms with E-state index in [1.54, 1.807) is 24.3 Å². The lowest BCUT2D eigenvalue weighted by atomic mass is 9.81. The summed E-state index contributed by atoms with van der Waals surface area (Å²) in [5, 5.41) is 0. The third kappa shape index (κ3) is 2.70. The average molecular weight is 342 g/mol. The highest BCUT2D eigenvalue weighted by Gasteiger charge is 2.42. The molecule has 24 heavy (non-hydrogen) atoms. The summed E-state index contributed by atoms with van der Waals surface area (Å²) < 4.78 is 34.5.